The predicted molar refractivity (Wildman–Crippen MR) is 93.2 cm³/mol. The molecule has 1 aromatic carbocycles. The van der Waals surface area contributed by atoms with Gasteiger partial charge in [-0.3, -0.25) is 0 Å². The molecule has 0 saturated heterocycles. The van der Waals surface area contributed by atoms with Gasteiger partial charge in [0.2, 0.25) is 0 Å². The third-order valence-corrected chi connectivity index (χ3v) is 2.52. The third kappa shape index (κ3) is 6.31. The van der Waals surface area contributed by atoms with Crippen LogP contribution in [-0.2, 0) is 6.54 Å². The van der Waals surface area contributed by atoms with E-state index in [9.17, 15) is 0 Å². The van der Waals surface area contributed by atoms with Crippen LogP contribution in [0.25, 0.3) is 0 Å². The molecule has 0 amide bonds. The smallest absolute Gasteiger partial charge is 0.188 e. The lowest BCUT2D eigenvalue weighted by Gasteiger charge is -2.10. The van der Waals surface area contributed by atoms with Crippen LogP contribution in [0.3, 0.4) is 0 Å². The lowest BCUT2D eigenvalue weighted by molar-refractivity contribution is 0.310. The maximum atomic E-state index is 5.74. The molecule has 0 radical (unpaired) electrons. The summed E-state index contributed by atoms with van der Waals surface area (Å²) in [7, 11) is 1.63. The fourth-order valence-electron chi connectivity index (χ4n) is 1.57. The van der Waals surface area contributed by atoms with Crippen molar-refractivity contribution in [3.8, 4) is 11.5 Å². The average molecular weight is 393 g/mol. The van der Waals surface area contributed by atoms with Crippen molar-refractivity contribution in [3.05, 3.63) is 23.8 Å². The van der Waals surface area contributed by atoms with Crippen molar-refractivity contribution in [2.75, 3.05) is 20.3 Å². The molecule has 1 rings (SSSR count). The van der Waals surface area contributed by atoms with Crippen LogP contribution in [-0.4, -0.2) is 26.2 Å². The zero-order chi connectivity index (χ0) is 14.1. The molecule has 0 bridgehead atoms. The Labute approximate surface area is 138 Å². The highest BCUT2D eigenvalue weighted by atomic mass is 127. The largest absolute Gasteiger partial charge is 0.493 e. The first-order chi connectivity index (χ1) is 9.21. The number of benzene rings is 1. The van der Waals surface area contributed by atoms with E-state index in [1.165, 1.54) is 0 Å². The Morgan fingerprint density at radius 2 is 2.05 bits per heavy atom. The van der Waals surface area contributed by atoms with Gasteiger partial charge in [-0.05, 0) is 31.0 Å². The summed E-state index contributed by atoms with van der Waals surface area (Å²) >= 11 is 0. The molecule has 0 heterocycles. The van der Waals surface area contributed by atoms with Crippen molar-refractivity contribution in [1.82, 2.24) is 5.32 Å². The number of aliphatic imine (C=N–C) groups is 1. The molecule has 0 unspecified atom stereocenters. The second-order valence-electron chi connectivity index (χ2n) is 4.05. The molecule has 20 heavy (non-hydrogen) atoms. The van der Waals surface area contributed by atoms with Gasteiger partial charge < -0.3 is 20.5 Å². The van der Waals surface area contributed by atoms with E-state index in [4.69, 9.17) is 15.2 Å². The monoisotopic (exact) mass is 393 g/mol. The summed E-state index contributed by atoms with van der Waals surface area (Å²) in [5.74, 6) is 1.93. The zero-order valence-electron chi connectivity index (χ0n) is 12.3. The Balaban J connectivity index is 0.00000361. The van der Waals surface area contributed by atoms with Crippen LogP contribution in [0, 0.1) is 0 Å². The standard InChI is InChI=1S/C14H23N3O2.HI/c1-4-8-16-14(15)17-10-11-6-7-12(18-3)13(9-11)19-5-2;/h6-7,9H,4-5,8,10H2,1-3H3,(H3,15,16,17);1H. The van der Waals surface area contributed by atoms with Gasteiger partial charge >= 0.3 is 0 Å². The minimum atomic E-state index is 0. The van der Waals surface area contributed by atoms with Crippen molar-refractivity contribution >= 4 is 29.9 Å². The molecule has 0 aliphatic rings. The van der Waals surface area contributed by atoms with Gasteiger partial charge in [-0.15, -0.1) is 24.0 Å². The van der Waals surface area contributed by atoms with E-state index in [1.807, 2.05) is 25.1 Å². The normalized spacial score (nSPS) is 10.7. The number of methoxy groups -OCH3 is 1. The lowest BCUT2D eigenvalue weighted by Crippen LogP contribution is -2.32. The number of hydrogen-bond acceptors (Lipinski definition) is 3. The lowest BCUT2D eigenvalue weighted by atomic mass is 10.2. The summed E-state index contributed by atoms with van der Waals surface area (Å²) in [5, 5.41) is 3.04. The molecular weight excluding hydrogens is 369 g/mol. The molecule has 114 valence electrons. The van der Waals surface area contributed by atoms with Crippen LogP contribution in [0.2, 0.25) is 0 Å². The molecule has 6 heteroatoms. The maximum absolute atomic E-state index is 5.74. The molecule has 0 fully saturated rings. The summed E-state index contributed by atoms with van der Waals surface area (Å²) in [4.78, 5) is 4.28. The van der Waals surface area contributed by atoms with Crippen molar-refractivity contribution in [2.45, 2.75) is 26.8 Å². The number of nitrogens with one attached hydrogen (secondary N) is 1. The van der Waals surface area contributed by atoms with Crippen LogP contribution >= 0.6 is 24.0 Å². The van der Waals surface area contributed by atoms with Crippen LogP contribution in [0.1, 0.15) is 25.8 Å². The minimum Gasteiger partial charge on any atom is -0.493 e. The van der Waals surface area contributed by atoms with Crippen LogP contribution in [0.5, 0.6) is 11.5 Å². The number of guanidine groups is 1. The highest BCUT2D eigenvalue weighted by Crippen LogP contribution is 2.28. The molecule has 1 aromatic rings. The van der Waals surface area contributed by atoms with Gasteiger partial charge in [0.15, 0.2) is 17.5 Å². The van der Waals surface area contributed by atoms with Gasteiger partial charge in [0, 0.05) is 6.54 Å². The number of ether oxygens (including phenoxy) is 2. The highest BCUT2D eigenvalue weighted by Gasteiger charge is 2.05. The second-order valence-corrected chi connectivity index (χ2v) is 4.05. The molecule has 5 nitrogen and oxygen atoms in total. The van der Waals surface area contributed by atoms with E-state index >= 15 is 0 Å². The Kier molecular flexibility index (Phi) is 9.96. The first-order valence-electron chi connectivity index (χ1n) is 6.54. The van der Waals surface area contributed by atoms with Gasteiger partial charge in [0.1, 0.15) is 0 Å². The number of hydrogen-bond donors (Lipinski definition) is 2. The molecular formula is C14H24IN3O2. The number of rotatable bonds is 7. The fraction of sp³-hybridized carbons (Fsp3) is 0.500. The average Bonchev–Trinajstić information content (AvgIpc) is 2.43. The molecule has 0 atom stereocenters. The number of halogens is 1. The van der Waals surface area contributed by atoms with Crippen molar-refractivity contribution in [2.24, 2.45) is 10.7 Å². The van der Waals surface area contributed by atoms with Gasteiger partial charge in [-0.2, -0.15) is 0 Å². The van der Waals surface area contributed by atoms with Gasteiger partial charge in [0.25, 0.3) is 0 Å². The van der Waals surface area contributed by atoms with E-state index in [2.05, 4.69) is 17.2 Å². The molecule has 0 aliphatic heterocycles. The predicted octanol–water partition coefficient (Wildman–Crippen LogP) is 2.53. The van der Waals surface area contributed by atoms with Crippen molar-refractivity contribution in [1.29, 1.82) is 0 Å². The summed E-state index contributed by atoms with van der Waals surface area (Å²) in [5.41, 5.74) is 6.78. The summed E-state index contributed by atoms with van der Waals surface area (Å²) in [6.07, 6.45) is 1.02. The molecule has 0 aromatic heterocycles. The van der Waals surface area contributed by atoms with Crippen molar-refractivity contribution < 1.29 is 9.47 Å². The maximum Gasteiger partial charge on any atom is 0.188 e. The quantitative estimate of drug-likeness (QED) is 0.425. The van der Waals surface area contributed by atoms with E-state index in [0.717, 1.165) is 30.0 Å². The number of nitrogens with two attached hydrogens (primary N) is 1. The Morgan fingerprint density at radius 3 is 2.65 bits per heavy atom. The summed E-state index contributed by atoms with van der Waals surface area (Å²) < 4.78 is 10.8. The number of nitrogens with zero attached hydrogens (tertiary/aromatic N) is 1. The topological polar surface area (TPSA) is 68.9 Å². The van der Waals surface area contributed by atoms with Crippen LogP contribution in [0.15, 0.2) is 23.2 Å². The van der Waals surface area contributed by atoms with E-state index in [0.29, 0.717) is 19.1 Å². The summed E-state index contributed by atoms with van der Waals surface area (Å²) in [6.45, 7) is 5.98. The van der Waals surface area contributed by atoms with E-state index in [-0.39, 0.29) is 24.0 Å². The van der Waals surface area contributed by atoms with Crippen LogP contribution < -0.4 is 20.5 Å². The van der Waals surface area contributed by atoms with E-state index < -0.39 is 0 Å². The Hall–Kier alpha value is -1.18. The Bertz CT molecular complexity index is 425. The molecule has 0 spiro atoms. The Morgan fingerprint density at radius 1 is 1.30 bits per heavy atom. The molecule has 0 aliphatic carbocycles. The van der Waals surface area contributed by atoms with Gasteiger partial charge in [-0.25, -0.2) is 4.99 Å². The summed E-state index contributed by atoms with van der Waals surface area (Å²) in [6, 6.07) is 5.77. The zero-order valence-corrected chi connectivity index (χ0v) is 14.6. The molecule has 0 saturated carbocycles. The van der Waals surface area contributed by atoms with Gasteiger partial charge in [-0.1, -0.05) is 13.0 Å². The highest BCUT2D eigenvalue weighted by molar-refractivity contribution is 14.0. The van der Waals surface area contributed by atoms with Crippen LogP contribution in [0.4, 0.5) is 0 Å². The first kappa shape index (κ1) is 18.8. The second kappa shape index (κ2) is 10.6. The SMILES string of the molecule is CCCNC(N)=NCc1ccc(OC)c(OCC)c1.I. The first-order valence-corrected chi connectivity index (χ1v) is 6.54. The third-order valence-electron chi connectivity index (χ3n) is 2.52. The molecule has 3 N–H and O–H groups in total. The minimum absolute atomic E-state index is 0. The van der Waals surface area contributed by atoms with E-state index in [1.54, 1.807) is 7.11 Å². The fourth-order valence-corrected chi connectivity index (χ4v) is 1.57. The van der Waals surface area contributed by atoms with Gasteiger partial charge in [0.05, 0.1) is 20.3 Å². The van der Waals surface area contributed by atoms with Crippen molar-refractivity contribution in [3.63, 3.8) is 0 Å².